The molecule has 1 aliphatic rings. The lowest BCUT2D eigenvalue weighted by Crippen LogP contribution is -2.42. The molecule has 0 spiro atoms. The van der Waals surface area contributed by atoms with Crippen LogP contribution in [-0.2, 0) is 31.6 Å². The first-order chi connectivity index (χ1) is 13.9. The minimum Gasteiger partial charge on any atom is -0.388 e. The van der Waals surface area contributed by atoms with Crippen LogP contribution in [0.4, 0.5) is 0 Å². The van der Waals surface area contributed by atoms with Crippen LogP contribution in [0.5, 0.6) is 0 Å². The number of aromatic nitrogens is 2. The first kappa shape index (κ1) is 26.6. The van der Waals surface area contributed by atoms with Gasteiger partial charge in [-0.3, -0.25) is 18.9 Å². The largest absolute Gasteiger partial charge is 0.490 e. The number of ether oxygens (including phenoxy) is 1. The normalized spacial score (nSPS) is 30.6. The van der Waals surface area contributed by atoms with Gasteiger partial charge in [-0.05, 0) is 13.8 Å². The first-order valence-electron chi connectivity index (χ1n) is 7.96. The molecule has 1 aromatic rings. The first-order valence-corrected chi connectivity index (χ1v) is 12.9. The summed E-state index contributed by atoms with van der Waals surface area (Å²) < 4.78 is 51.9. The van der Waals surface area contributed by atoms with Gasteiger partial charge in [0, 0.05) is 11.8 Å². The predicted molar refractivity (Wildman–Crippen MR) is 100 cm³/mol. The topological polar surface area (TPSA) is 244 Å². The van der Waals surface area contributed by atoms with Crippen LogP contribution in [0.2, 0.25) is 0 Å². The van der Waals surface area contributed by atoms with E-state index in [-0.39, 0.29) is 5.56 Å². The second-order valence-corrected chi connectivity index (χ2v) is 11.5. The summed E-state index contributed by atoms with van der Waals surface area (Å²) >= 11 is 6.10. The summed E-state index contributed by atoms with van der Waals surface area (Å²) in [6.07, 6.45) is -1.89. The number of phosphoric ester groups is 1. The molecule has 4 unspecified atom stereocenters. The van der Waals surface area contributed by atoms with Crippen molar-refractivity contribution < 1.29 is 56.3 Å². The number of aliphatic hydroxyl groups excluding tert-OH is 1. The van der Waals surface area contributed by atoms with Crippen molar-refractivity contribution in [2.75, 3.05) is 6.61 Å². The Morgan fingerprint density at radius 1 is 1.19 bits per heavy atom. The molecule has 2 rings (SSSR count). The lowest BCUT2D eigenvalue weighted by atomic mass is 10.0. The maximum Gasteiger partial charge on any atom is 0.490 e. The number of nitrogens with zero attached hydrogens (tertiary/aromatic N) is 1. The summed E-state index contributed by atoms with van der Waals surface area (Å²) in [7, 11) is -16.8. The maximum atomic E-state index is 12.0. The zero-order valence-corrected chi connectivity index (χ0v) is 19.0. The van der Waals surface area contributed by atoms with Crippen molar-refractivity contribution >= 4 is 35.1 Å². The SMILES string of the molecule is Cc1cn([C@H]2OC(C)(COP(=O)(O)OP(=O)(O)OP(=O)(O)O)[C@@H](O)C2Cl)c(=O)[nH]c1=O. The molecular weight excluding hydrogens is 512 g/mol. The molecule has 31 heavy (non-hydrogen) atoms. The van der Waals surface area contributed by atoms with Crippen molar-refractivity contribution in [3.05, 3.63) is 32.6 Å². The van der Waals surface area contributed by atoms with Gasteiger partial charge in [0.1, 0.15) is 17.1 Å². The Balaban J connectivity index is 2.18. The second kappa shape index (κ2) is 8.92. The Morgan fingerprint density at radius 3 is 2.32 bits per heavy atom. The van der Waals surface area contributed by atoms with Gasteiger partial charge in [0.15, 0.2) is 6.23 Å². The molecule has 6 atom stereocenters. The standard InChI is InChI=1S/C11H18ClN2O14P3/c1-5-3-14(10(17)13-8(5)16)9-6(12)7(15)11(2,26-9)4-25-30(21,22)28-31(23,24)27-29(18,19)20/h3,6-7,9,15H,4H2,1-2H3,(H,21,22)(H,23,24)(H,13,16,17)(H2,18,19,20)/t6?,7-,9-,11?/m0/s1. The van der Waals surface area contributed by atoms with Crippen molar-refractivity contribution in [2.24, 2.45) is 0 Å². The number of halogens is 1. The molecule has 1 aromatic heterocycles. The molecule has 0 aliphatic carbocycles. The third-order valence-corrected chi connectivity index (χ3v) is 8.18. The summed E-state index contributed by atoms with van der Waals surface area (Å²) in [4.78, 5) is 61.3. The molecule has 0 amide bonds. The van der Waals surface area contributed by atoms with E-state index in [1.165, 1.54) is 6.92 Å². The van der Waals surface area contributed by atoms with Crippen molar-refractivity contribution in [3.8, 4) is 0 Å². The molecule has 1 aliphatic heterocycles. The Kier molecular flexibility index (Phi) is 7.64. The molecule has 16 nitrogen and oxygen atoms in total. The van der Waals surface area contributed by atoms with Crippen LogP contribution in [0.15, 0.2) is 15.8 Å². The van der Waals surface area contributed by atoms with E-state index in [0.29, 0.717) is 0 Å². The highest BCUT2D eigenvalue weighted by Gasteiger charge is 2.53. The van der Waals surface area contributed by atoms with Crippen LogP contribution in [0.25, 0.3) is 0 Å². The number of aryl methyl sites for hydroxylation is 1. The minimum atomic E-state index is -5.73. The summed E-state index contributed by atoms with van der Waals surface area (Å²) in [6.45, 7) is 1.54. The van der Waals surface area contributed by atoms with E-state index >= 15 is 0 Å². The smallest absolute Gasteiger partial charge is 0.388 e. The average molecular weight is 531 g/mol. The number of phosphoric acid groups is 3. The quantitative estimate of drug-likeness (QED) is 0.182. The van der Waals surface area contributed by atoms with E-state index < -0.39 is 64.6 Å². The van der Waals surface area contributed by atoms with Crippen molar-refractivity contribution in [3.63, 3.8) is 0 Å². The molecule has 0 radical (unpaired) electrons. The highest BCUT2D eigenvalue weighted by molar-refractivity contribution is 7.66. The van der Waals surface area contributed by atoms with Crippen LogP contribution in [0.3, 0.4) is 0 Å². The van der Waals surface area contributed by atoms with E-state index in [0.717, 1.165) is 17.7 Å². The van der Waals surface area contributed by atoms with Gasteiger partial charge in [-0.1, -0.05) is 0 Å². The predicted octanol–water partition coefficient (Wildman–Crippen LogP) is -0.556. The van der Waals surface area contributed by atoms with Crippen molar-refractivity contribution in [2.45, 2.75) is 37.2 Å². The zero-order chi connectivity index (χ0) is 24.0. The van der Waals surface area contributed by atoms with E-state index in [2.05, 4.69) is 13.1 Å². The van der Waals surface area contributed by atoms with Gasteiger partial charge in [-0.15, -0.1) is 11.6 Å². The maximum absolute atomic E-state index is 12.0. The molecule has 6 N–H and O–H groups in total. The van der Waals surface area contributed by atoms with E-state index in [9.17, 15) is 33.3 Å². The van der Waals surface area contributed by atoms with E-state index in [4.69, 9.17) is 31.0 Å². The molecule has 178 valence electrons. The number of hydrogen-bond acceptors (Lipinski definition) is 10. The van der Waals surface area contributed by atoms with Crippen LogP contribution < -0.4 is 11.2 Å². The van der Waals surface area contributed by atoms with Crippen LogP contribution in [0, 0.1) is 6.92 Å². The lowest BCUT2D eigenvalue weighted by molar-refractivity contribution is -0.114. The fraction of sp³-hybridized carbons (Fsp3) is 0.636. The Bertz CT molecular complexity index is 1100. The van der Waals surface area contributed by atoms with Crippen LogP contribution >= 0.6 is 35.1 Å². The van der Waals surface area contributed by atoms with E-state index in [1.807, 2.05) is 4.98 Å². The molecular formula is C11H18ClN2O14P3. The fourth-order valence-corrected chi connectivity index (χ4v) is 6.07. The number of hydrogen-bond donors (Lipinski definition) is 6. The highest BCUT2D eigenvalue weighted by Crippen LogP contribution is 2.66. The Labute approximate surface area is 177 Å². The number of aromatic amines is 1. The third kappa shape index (κ3) is 6.65. The molecule has 1 saturated heterocycles. The Hall–Kier alpha value is -0.700. The molecule has 2 heterocycles. The van der Waals surface area contributed by atoms with Crippen LogP contribution in [0.1, 0.15) is 18.7 Å². The molecule has 0 saturated carbocycles. The van der Waals surface area contributed by atoms with Gasteiger partial charge in [-0.25, -0.2) is 18.5 Å². The fourth-order valence-electron chi connectivity index (χ4n) is 2.52. The summed E-state index contributed by atoms with van der Waals surface area (Å²) in [5.74, 6) is 0. The van der Waals surface area contributed by atoms with Gasteiger partial charge in [0.05, 0.1) is 6.61 Å². The monoisotopic (exact) mass is 530 g/mol. The van der Waals surface area contributed by atoms with Gasteiger partial charge < -0.3 is 29.4 Å². The van der Waals surface area contributed by atoms with Gasteiger partial charge >= 0.3 is 29.2 Å². The van der Waals surface area contributed by atoms with Gasteiger partial charge in [0.2, 0.25) is 0 Å². The lowest BCUT2D eigenvalue weighted by Gasteiger charge is -2.28. The minimum absolute atomic E-state index is 0.114. The van der Waals surface area contributed by atoms with Gasteiger partial charge in [0.25, 0.3) is 5.56 Å². The summed E-state index contributed by atoms with van der Waals surface area (Å²) in [5, 5.41) is 9.06. The molecule has 0 aromatic carbocycles. The number of H-pyrrole nitrogens is 1. The van der Waals surface area contributed by atoms with Crippen molar-refractivity contribution in [1.82, 2.24) is 9.55 Å². The zero-order valence-electron chi connectivity index (χ0n) is 15.6. The second-order valence-electron chi connectivity index (χ2n) is 6.55. The average Bonchev–Trinajstić information content (AvgIpc) is 2.78. The van der Waals surface area contributed by atoms with Crippen molar-refractivity contribution in [1.29, 1.82) is 0 Å². The highest BCUT2D eigenvalue weighted by atomic mass is 35.5. The number of aliphatic hydroxyl groups is 1. The summed E-state index contributed by atoms with van der Waals surface area (Å²) in [5.41, 5.74) is -3.35. The molecule has 0 bridgehead atoms. The number of alkyl halides is 1. The number of nitrogens with one attached hydrogen (secondary N) is 1. The number of rotatable bonds is 8. The molecule has 1 fully saturated rings. The van der Waals surface area contributed by atoms with Gasteiger partial charge in [-0.2, -0.15) is 8.62 Å². The van der Waals surface area contributed by atoms with E-state index in [1.54, 1.807) is 0 Å². The van der Waals surface area contributed by atoms with Crippen LogP contribution in [-0.4, -0.2) is 57.9 Å². The molecule has 20 heteroatoms. The summed E-state index contributed by atoms with van der Waals surface area (Å²) in [6, 6.07) is 0. The third-order valence-electron chi connectivity index (χ3n) is 3.94. The Morgan fingerprint density at radius 2 is 1.77 bits per heavy atom.